The predicted molar refractivity (Wildman–Crippen MR) is 132 cm³/mol. The van der Waals surface area contributed by atoms with Gasteiger partial charge in [-0.25, -0.2) is 4.79 Å². The Morgan fingerprint density at radius 2 is 1.78 bits per heavy atom. The molecule has 0 radical (unpaired) electrons. The summed E-state index contributed by atoms with van der Waals surface area (Å²) in [4.78, 5) is 24.4. The van der Waals surface area contributed by atoms with Crippen molar-refractivity contribution in [3.8, 4) is 0 Å². The first kappa shape index (κ1) is 25.7. The van der Waals surface area contributed by atoms with Crippen LogP contribution in [0.25, 0.3) is 6.08 Å². The van der Waals surface area contributed by atoms with Crippen LogP contribution in [0.3, 0.4) is 0 Å². The standard InChI is InChI=1S/C27H40N2O3/c1-20-12-11-17-27(5,6)23(20)16-15-21-13-7-8-14-22(21)24(30)28-18-9-10-19-29-25(31)32-26(2,3)4/h7-8,12-16,23H,9-11,17-19H2,1-6H3,(H,28,30)(H,29,31)/b16-15+. The minimum atomic E-state index is -0.498. The van der Waals surface area contributed by atoms with Crippen LogP contribution in [0.2, 0.25) is 0 Å². The van der Waals surface area contributed by atoms with E-state index in [1.807, 2.05) is 45.0 Å². The summed E-state index contributed by atoms with van der Waals surface area (Å²) in [5, 5.41) is 5.74. The van der Waals surface area contributed by atoms with E-state index >= 15 is 0 Å². The number of amides is 2. The summed E-state index contributed by atoms with van der Waals surface area (Å²) >= 11 is 0. The van der Waals surface area contributed by atoms with Crippen molar-refractivity contribution in [3.05, 3.63) is 53.1 Å². The van der Waals surface area contributed by atoms with E-state index in [2.05, 4.69) is 49.6 Å². The molecule has 2 N–H and O–H groups in total. The number of ether oxygens (including phenoxy) is 1. The average molecular weight is 441 g/mol. The molecule has 0 bridgehead atoms. The summed E-state index contributed by atoms with van der Waals surface area (Å²) in [7, 11) is 0. The van der Waals surface area contributed by atoms with Gasteiger partial charge in [0.1, 0.15) is 5.60 Å². The molecule has 0 aliphatic heterocycles. The Morgan fingerprint density at radius 1 is 1.12 bits per heavy atom. The summed E-state index contributed by atoms with van der Waals surface area (Å²) < 4.78 is 5.21. The zero-order chi connectivity index (χ0) is 23.8. The van der Waals surface area contributed by atoms with Crippen molar-refractivity contribution in [1.29, 1.82) is 0 Å². The van der Waals surface area contributed by atoms with Crippen LogP contribution >= 0.6 is 0 Å². The van der Waals surface area contributed by atoms with Gasteiger partial charge in [0, 0.05) is 24.6 Å². The molecule has 2 amide bonds. The number of allylic oxidation sites excluding steroid dienone is 3. The lowest BCUT2D eigenvalue weighted by molar-refractivity contribution is 0.0526. The molecule has 32 heavy (non-hydrogen) atoms. The molecule has 0 aromatic heterocycles. The van der Waals surface area contributed by atoms with E-state index < -0.39 is 11.7 Å². The largest absolute Gasteiger partial charge is 0.444 e. The summed E-state index contributed by atoms with van der Waals surface area (Å²) in [5.74, 6) is 0.311. The van der Waals surface area contributed by atoms with Crippen LogP contribution in [0.5, 0.6) is 0 Å². The lowest BCUT2D eigenvalue weighted by Gasteiger charge is -2.36. The molecular formula is C27H40N2O3. The Labute approximate surface area is 193 Å². The van der Waals surface area contributed by atoms with E-state index in [1.165, 1.54) is 12.0 Å². The van der Waals surface area contributed by atoms with Crippen molar-refractivity contribution in [2.45, 2.75) is 72.8 Å². The van der Waals surface area contributed by atoms with E-state index in [0.29, 0.717) is 24.6 Å². The van der Waals surface area contributed by atoms with Crippen LogP contribution in [0.1, 0.15) is 83.1 Å². The molecule has 5 nitrogen and oxygen atoms in total. The molecule has 0 heterocycles. The number of unbranched alkanes of at least 4 members (excludes halogenated alkanes) is 1. The fourth-order valence-electron chi connectivity index (χ4n) is 4.08. The minimum absolute atomic E-state index is 0.0690. The normalized spacial score (nSPS) is 18.2. The molecule has 2 rings (SSSR count). The second-order valence-corrected chi connectivity index (χ2v) is 10.3. The van der Waals surface area contributed by atoms with Gasteiger partial charge in [0.25, 0.3) is 5.91 Å². The van der Waals surface area contributed by atoms with E-state index in [4.69, 9.17) is 4.74 Å². The Hall–Kier alpha value is -2.56. The highest BCUT2D eigenvalue weighted by molar-refractivity contribution is 5.97. The van der Waals surface area contributed by atoms with Gasteiger partial charge >= 0.3 is 6.09 Å². The maximum atomic E-state index is 12.8. The van der Waals surface area contributed by atoms with Gasteiger partial charge in [0.15, 0.2) is 0 Å². The molecule has 176 valence electrons. The first-order valence-electron chi connectivity index (χ1n) is 11.7. The zero-order valence-electron chi connectivity index (χ0n) is 20.6. The van der Waals surface area contributed by atoms with Gasteiger partial charge in [0.05, 0.1) is 0 Å². The van der Waals surface area contributed by atoms with Gasteiger partial charge in [-0.15, -0.1) is 0 Å². The SMILES string of the molecule is CC1=CCCC(C)(C)C1/C=C/c1ccccc1C(=O)NCCCCNC(=O)OC(C)(C)C. The lowest BCUT2D eigenvalue weighted by atomic mass is 9.68. The molecule has 1 aromatic rings. The summed E-state index contributed by atoms with van der Waals surface area (Å²) in [5.41, 5.74) is 2.75. The van der Waals surface area contributed by atoms with Crippen LogP contribution in [-0.2, 0) is 4.74 Å². The van der Waals surface area contributed by atoms with Crippen LogP contribution < -0.4 is 10.6 Å². The van der Waals surface area contributed by atoms with Crippen LogP contribution in [0.4, 0.5) is 4.79 Å². The molecule has 0 fully saturated rings. The maximum Gasteiger partial charge on any atom is 0.407 e. The number of rotatable bonds is 8. The van der Waals surface area contributed by atoms with E-state index in [9.17, 15) is 9.59 Å². The summed E-state index contributed by atoms with van der Waals surface area (Å²) in [6, 6.07) is 7.72. The van der Waals surface area contributed by atoms with E-state index in [1.54, 1.807) is 0 Å². The average Bonchev–Trinajstić information content (AvgIpc) is 2.68. The molecule has 0 saturated heterocycles. The molecule has 1 unspecified atom stereocenters. The van der Waals surface area contributed by atoms with Crippen molar-refractivity contribution in [3.63, 3.8) is 0 Å². The number of carbonyl (C=O) groups is 2. The molecule has 0 saturated carbocycles. The van der Waals surface area contributed by atoms with Gasteiger partial charge in [-0.3, -0.25) is 4.79 Å². The van der Waals surface area contributed by atoms with Crippen LogP contribution in [0, 0.1) is 11.3 Å². The number of carbonyl (C=O) groups excluding carboxylic acids is 2. The molecule has 1 aliphatic carbocycles. The van der Waals surface area contributed by atoms with Gasteiger partial charge < -0.3 is 15.4 Å². The zero-order valence-corrected chi connectivity index (χ0v) is 20.6. The second-order valence-electron chi connectivity index (χ2n) is 10.3. The van der Waals surface area contributed by atoms with Crippen LogP contribution in [0.15, 0.2) is 42.0 Å². The van der Waals surface area contributed by atoms with Crippen molar-refractivity contribution < 1.29 is 14.3 Å². The highest BCUT2D eigenvalue weighted by Gasteiger charge is 2.30. The quantitative estimate of drug-likeness (QED) is 0.378. The molecule has 5 heteroatoms. The molecular weight excluding hydrogens is 400 g/mol. The fourth-order valence-corrected chi connectivity index (χ4v) is 4.08. The highest BCUT2D eigenvalue weighted by Crippen LogP contribution is 2.41. The molecule has 0 spiro atoms. The van der Waals surface area contributed by atoms with E-state index in [-0.39, 0.29) is 11.3 Å². The molecule has 1 aliphatic rings. The Kier molecular flexibility index (Phi) is 9.11. The van der Waals surface area contributed by atoms with Gasteiger partial charge in [-0.1, -0.05) is 55.8 Å². The van der Waals surface area contributed by atoms with Crippen molar-refractivity contribution in [1.82, 2.24) is 10.6 Å². The number of nitrogens with one attached hydrogen (secondary N) is 2. The molecule has 1 aromatic carbocycles. The third kappa shape index (κ3) is 8.18. The van der Waals surface area contributed by atoms with Crippen molar-refractivity contribution >= 4 is 18.1 Å². The summed E-state index contributed by atoms with van der Waals surface area (Å²) in [6.07, 6.45) is 10.1. The topological polar surface area (TPSA) is 67.4 Å². The van der Waals surface area contributed by atoms with Gasteiger partial charge in [-0.05, 0) is 70.4 Å². The fraction of sp³-hybridized carbons (Fsp3) is 0.556. The monoisotopic (exact) mass is 440 g/mol. The van der Waals surface area contributed by atoms with E-state index in [0.717, 1.165) is 24.8 Å². The van der Waals surface area contributed by atoms with Crippen molar-refractivity contribution in [2.24, 2.45) is 11.3 Å². The van der Waals surface area contributed by atoms with Gasteiger partial charge in [0.2, 0.25) is 0 Å². The Morgan fingerprint density at radius 3 is 2.44 bits per heavy atom. The predicted octanol–water partition coefficient (Wildman–Crippen LogP) is 6.12. The van der Waals surface area contributed by atoms with Crippen molar-refractivity contribution in [2.75, 3.05) is 13.1 Å². The number of hydrogen-bond donors (Lipinski definition) is 2. The molecule has 1 atom stereocenters. The minimum Gasteiger partial charge on any atom is -0.444 e. The maximum absolute atomic E-state index is 12.8. The highest BCUT2D eigenvalue weighted by atomic mass is 16.6. The van der Waals surface area contributed by atoms with Crippen LogP contribution in [-0.4, -0.2) is 30.7 Å². The van der Waals surface area contributed by atoms with Gasteiger partial charge in [-0.2, -0.15) is 0 Å². The third-order valence-corrected chi connectivity index (χ3v) is 5.82. The first-order chi connectivity index (χ1) is 15.0. The third-order valence-electron chi connectivity index (χ3n) is 5.82. The second kappa shape index (κ2) is 11.3. The number of benzene rings is 1. The number of alkyl carbamates (subject to hydrolysis) is 1. The number of hydrogen-bond acceptors (Lipinski definition) is 3. The Balaban J connectivity index is 1.85. The first-order valence-corrected chi connectivity index (χ1v) is 11.7. The summed E-state index contributed by atoms with van der Waals surface area (Å²) in [6.45, 7) is 13.4. The smallest absolute Gasteiger partial charge is 0.407 e. The Bertz CT molecular complexity index is 847. The lowest BCUT2D eigenvalue weighted by Crippen LogP contribution is -2.33.